The fourth-order valence-electron chi connectivity index (χ4n) is 3.27. The lowest BCUT2D eigenvalue weighted by molar-refractivity contribution is -0.137. The fourth-order valence-corrected chi connectivity index (χ4v) is 3.27. The largest absolute Gasteiger partial charge is 0.497 e. The highest BCUT2D eigenvalue weighted by Gasteiger charge is 2.25. The van der Waals surface area contributed by atoms with E-state index in [1.54, 1.807) is 31.1 Å². The molecule has 1 aliphatic heterocycles. The molecule has 1 fully saturated rings. The van der Waals surface area contributed by atoms with Gasteiger partial charge in [0, 0.05) is 23.5 Å². The van der Waals surface area contributed by atoms with Crippen LogP contribution in [0.1, 0.15) is 42.3 Å². The number of methoxy groups -OCH3 is 1. The summed E-state index contributed by atoms with van der Waals surface area (Å²) < 4.78 is 16.0. The number of ether oxygens (including phenoxy) is 2. The molecule has 3 rings (SSSR count). The van der Waals surface area contributed by atoms with Crippen molar-refractivity contribution in [1.82, 2.24) is 4.90 Å². The molecule has 6 heteroatoms. The molecule has 0 aliphatic carbocycles. The monoisotopic (exact) mass is 345 g/mol. The summed E-state index contributed by atoms with van der Waals surface area (Å²) in [4.78, 5) is 26.4. The molecule has 1 atom stereocenters. The molecule has 1 aromatic heterocycles. The number of benzene rings is 1. The van der Waals surface area contributed by atoms with Crippen molar-refractivity contribution in [1.29, 1.82) is 0 Å². The number of rotatable bonds is 4. The smallest absolute Gasteiger partial charge is 0.375 e. The zero-order chi connectivity index (χ0) is 18.0. The van der Waals surface area contributed by atoms with Gasteiger partial charge in [0.25, 0.3) is 5.91 Å². The Hall–Kier alpha value is -2.50. The maximum absolute atomic E-state index is 12.3. The van der Waals surface area contributed by atoms with E-state index in [2.05, 4.69) is 0 Å². The number of carbonyl (C=O) groups excluding carboxylic acids is 2. The average Bonchev–Trinajstić information content (AvgIpc) is 2.96. The molecule has 0 saturated carbocycles. The summed E-state index contributed by atoms with van der Waals surface area (Å²) in [5, 5.41) is 0.794. The molecule has 0 unspecified atom stereocenters. The lowest BCUT2D eigenvalue weighted by Crippen LogP contribution is -2.44. The van der Waals surface area contributed by atoms with Crippen molar-refractivity contribution in [2.24, 2.45) is 0 Å². The summed E-state index contributed by atoms with van der Waals surface area (Å²) in [6, 6.07) is 5.52. The number of furan rings is 1. The van der Waals surface area contributed by atoms with Crippen molar-refractivity contribution in [2.75, 3.05) is 20.3 Å². The second kappa shape index (κ2) is 7.17. The number of carbonyl (C=O) groups is 2. The lowest BCUT2D eigenvalue weighted by atomic mass is 10.0. The molecule has 25 heavy (non-hydrogen) atoms. The Labute approximate surface area is 146 Å². The van der Waals surface area contributed by atoms with E-state index in [0.29, 0.717) is 16.9 Å². The van der Waals surface area contributed by atoms with Crippen LogP contribution in [-0.2, 0) is 9.53 Å². The normalized spacial score (nSPS) is 17.6. The summed E-state index contributed by atoms with van der Waals surface area (Å²) in [5.74, 6) is 0.0370. The van der Waals surface area contributed by atoms with E-state index >= 15 is 0 Å². The second-order valence-electron chi connectivity index (χ2n) is 6.43. The number of likely N-dealkylation sites (tertiary alicyclic amines) is 1. The van der Waals surface area contributed by atoms with Gasteiger partial charge in [-0.15, -0.1) is 0 Å². The molecule has 0 radical (unpaired) electrons. The van der Waals surface area contributed by atoms with Gasteiger partial charge in [0.05, 0.1) is 7.11 Å². The van der Waals surface area contributed by atoms with Crippen molar-refractivity contribution < 1.29 is 23.5 Å². The highest BCUT2D eigenvalue weighted by Crippen LogP contribution is 2.29. The van der Waals surface area contributed by atoms with E-state index < -0.39 is 5.97 Å². The van der Waals surface area contributed by atoms with Crippen molar-refractivity contribution in [3.05, 3.63) is 29.5 Å². The fraction of sp³-hybridized carbons (Fsp3) is 0.474. The van der Waals surface area contributed by atoms with Crippen LogP contribution in [-0.4, -0.2) is 43.1 Å². The summed E-state index contributed by atoms with van der Waals surface area (Å²) in [6.45, 7) is 4.27. The Balaban J connectivity index is 1.70. The number of aryl methyl sites for hydroxylation is 1. The van der Waals surface area contributed by atoms with Crippen LogP contribution in [0.3, 0.4) is 0 Å². The van der Waals surface area contributed by atoms with E-state index in [0.717, 1.165) is 31.2 Å². The van der Waals surface area contributed by atoms with E-state index in [1.807, 2.05) is 13.0 Å². The number of fused-ring (bicyclic) bond motifs is 1. The number of hydrogen-bond donors (Lipinski definition) is 0. The summed E-state index contributed by atoms with van der Waals surface area (Å²) >= 11 is 0. The first kappa shape index (κ1) is 17.3. The first-order valence-electron chi connectivity index (χ1n) is 8.55. The Morgan fingerprint density at radius 3 is 2.84 bits per heavy atom. The molecule has 6 nitrogen and oxygen atoms in total. The average molecular weight is 345 g/mol. The molecule has 134 valence electrons. The molecule has 1 aliphatic rings. The highest BCUT2D eigenvalue weighted by molar-refractivity contribution is 5.97. The minimum atomic E-state index is -0.620. The van der Waals surface area contributed by atoms with Crippen LogP contribution in [0.4, 0.5) is 0 Å². The standard InChI is InChI=1S/C19H23NO5/c1-12-6-4-5-9-20(12)17(21)11-24-19(22)18-13(2)15-10-14(23-3)7-8-16(15)25-18/h7-8,10,12H,4-6,9,11H2,1-3H3/t12-/m1/s1. The van der Waals surface area contributed by atoms with Crippen molar-refractivity contribution in [3.8, 4) is 5.75 Å². The van der Waals surface area contributed by atoms with Crippen LogP contribution in [0.5, 0.6) is 5.75 Å². The third-order valence-corrected chi connectivity index (χ3v) is 4.78. The summed E-state index contributed by atoms with van der Waals surface area (Å²) in [6.07, 6.45) is 3.12. The van der Waals surface area contributed by atoms with Crippen LogP contribution >= 0.6 is 0 Å². The zero-order valence-corrected chi connectivity index (χ0v) is 14.8. The van der Waals surface area contributed by atoms with E-state index in [9.17, 15) is 9.59 Å². The second-order valence-corrected chi connectivity index (χ2v) is 6.43. The number of esters is 1. The molecule has 2 aromatic rings. The molecule has 1 aromatic carbocycles. The maximum Gasteiger partial charge on any atom is 0.375 e. The first-order chi connectivity index (χ1) is 12.0. The van der Waals surface area contributed by atoms with Crippen molar-refractivity contribution in [2.45, 2.75) is 39.2 Å². The molecule has 0 bridgehead atoms. The van der Waals surface area contributed by atoms with Gasteiger partial charge in [-0.05, 0) is 51.3 Å². The highest BCUT2D eigenvalue weighted by atomic mass is 16.5. The molecular formula is C19H23NO5. The number of nitrogens with zero attached hydrogens (tertiary/aromatic N) is 1. The van der Waals surface area contributed by atoms with Crippen LogP contribution in [0.2, 0.25) is 0 Å². The number of hydrogen-bond acceptors (Lipinski definition) is 5. The van der Waals surface area contributed by atoms with Crippen molar-refractivity contribution >= 4 is 22.8 Å². The predicted octanol–water partition coefficient (Wildman–Crippen LogP) is 3.31. The molecule has 0 N–H and O–H groups in total. The minimum Gasteiger partial charge on any atom is -0.497 e. The quantitative estimate of drug-likeness (QED) is 0.795. The Morgan fingerprint density at radius 2 is 2.12 bits per heavy atom. The number of piperidine rings is 1. The summed E-state index contributed by atoms with van der Waals surface area (Å²) in [7, 11) is 1.58. The Kier molecular flexibility index (Phi) is 4.97. The van der Waals surface area contributed by atoms with Crippen LogP contribution in [0, 0.1) is 6.92 Å². The van der Waals surface area contributed by atoms with Crippen LogP contribution < -0.4 is 4.74 Å². The van der Waals surface area contributed by atoms with Gasteiger partial charge in [0.2, 0.25) is 5.76 Å². The maximum atomic E-state index is 12.3. The van der Waals surface area contributed by atoms with Gasteiger partial charge in [0.15, 0.2) is 6.61 Å². The minimum absolute atomic E-state index is 0.128. The van der Waals surface area contributed by atoms with Gasteiger partial charge in [-0.25, -0.2) is 4.79 Å². The molecule has 1 saturated heterocycles. The summed E-state index contributed by atoms with van der Waals surface area (Å²) in [5.41, 5.74) is 1.26. The number of amides is 1. The first-order valence-corrected chi connectivity index (χ1v) is 8.55. The Morgan fingerprint density at radius 1 is 1.32 bits per heavy atom. The SMILES string of the molecule is COc1ccc2oc(C(=O)OCC(=O)N3CCCC[C@H]3C)c(C)c2c1. The van der Waals surface area contributed by atoms with Crippen molar-refractivity contribution in [3.63, 3.8) is 0 Å². The van der Waals surface area contributed by atoms with Gasteiger partial charge in [-0.3, -0.25) is 4.79 Å². The van der Waals surface area contributed by atoms with E-state index in [1.165, 1.54) is 0 Å². The Bertz CT molecular complexity index is 794. The third kappa shape index (κ3) is 3.48. The lowest BCUT2D eigenvalue weighted by Gasteiger charge is -2.33. The van der Waals surface area contributed by atoms with E-state index in [4.69, 9.17) is 13.9 Å². The molecular weight excluding hydrogens is 322 g/mol. The topological polar surface area (TPSA) is 69.0 Å². The van der Waals surface area contributed by atoms with Gasteiger partial charge in [-0.2, -0.15) is 0 Å². The van der Waals surface area contributed by atoms with Crippen LogP contribution in [0.15, 0.2) is 22.6 Å². The van der Waals surface area contributed by atoms with E-state index in [-0.39, 0.29) is 24.3 Å². The van der Waals surface area contributed by atoms with Gasteiger partial charge in [-0.1, -0.05) is 0 Å². The van der Waals surface area contributed by atoms with Gasteiger partial charge >= 0.3 is 5.97 Å². The zero-order valence-electron chi connectivity index (χ0n) is 14.8. The van der Waals surface area contributed by atoms with Gasteiger partial charge in [0.1, 0.15) is 11.3 Å². The molecule has 2 heterocycles. The van der Waals surface area contributed by atoms with Crippen LogP contribution in [0.25, 0.3) is 11.0 Å². The molecule has 0 spiro atoms. The predicted molar refractivity (Wildman–Crippen MR) is 92.8 cm³/mol. The van der Waals surface area contributed by atoms with Gasteiger partial charge < -0.3 is 18.8 Å². The molecule has 1 amide bonds. The third-order valence-electron chi connectivity index (χ3n) is 4.78.